The van der Waals surface area contributed by atoms with E-state index >= 15 is 0 Å². The van der Waals surface area contributed by atoms with E-state index < -0.39 is 47.1 Å². The van der Waals surface area contributed by atoms with E-state index in [0.717, 1.165) is 6.42 Å². The van der Waals surface area contributed by atoms with Crippen LogP contribution in [0.25, 0.3) is 0 Å². The van der Waals surface area contributed by atoms with Gasteiger partial charge in [0.25, 0.3) is 0 Å². The lowest BCUT2D eigenvalue weighted by molar-refractivity contribution is -0.157. The molecule has 0 aromatic rings. The average Bonchev–Trinajstić information content (AvgIpc) is 3.42. The highest BCUT2D eigenvalue weighted by Crippen LogP contribution is 2.59. The third-order valence-corrected chi connectivity index (χ3v) is 7.50. The molecule has 8 nitrogen and oxygen atoms in total. The van der Waals surface area contributed by atoms with E-state index in [1.54, 1.807) is 17.1 Å². The number of nitrogens with zero attached hydrogens (tertiary/aromatic N) is 2. The van der Waals surface area contributed by atoms with Gasteiger partial charge in [0, 0.05) is 12.1 Å². The van der Waals surface area contributed by atoms with E-state index in [-0.39, 0.29) is 25.0 Å². The van der Waals surface area contributed by atoms with E-state index in [1.807, 2.05) is 27.7 Å². The molecule has 3 aliphatic rings. The Labute approximate surface area is 202 Å². The first-order chi connectivity index (χ1) is 16.1. The van der Waals surface area contributed by atoms with Gasteiger partial charge in [-0.1, -0.05) is 19.1 Å². The van der Waals surface area contributed by atoms with Crippen molar-refractivity contribution in [3.8, 4) is 0 Å². The Bertz CT molecular complexity index is 817. The molecule has 3 rings (SSSR count). The second-order valence-corrected chi connectivity index (χ2v) is 10.6. The second kappa shape index (κ2) is 10.2. The molecule has 0 saturated carbocycles. The fourth-order valence-corrected chi connectivity index (χ4v) is 5.91. The zero-order valence-corrected chi connectivity index (χ0v) is 21.0. The number of hydrogen-bond donors (Lipinski definition) is 1. The van der Waals surface area contributed by atoms with Crippen molar-refractivity contribution in [1.29, 1.82) is 0 Å². The number of carbonyl (C=O) groups excluding carboxylic acids is 3. The van der Waals surface area contributed by atoms with Crippen molar-refractivity contribution < 1.29 is 29.0 Å². The quantitative estimate of drug-likeness (QED) is 0.280. The zero-order valence-electron chi connectivity index (χ0n) is 21.0. The normalized spacial score (nSPS) is 30.7. The summed E-state index contributed by atoms with van der Waals surface area (Å²) in [4.78, 5) is 44.3. The van der Waals surface area contributed by atoms with Crippen LogP contribution in [-0.2, 0) is 23.9 Å². The largest absolute Gasteiger partial charge is 0.465 e. The Kier molecular flexibility index (Phi) is 7.92. The van der Waals surface area contributed by atoms with Crippen LogP contribution in [-0.4, -0.2) is 81.8 Å². The van der Waals surface area contributed by atoms with E-state index in [0.29, 0.717) is 32.2 Å². The van der Waals surface area contributed by atoms with E-state index in [1.165, 1.54) is 4.90 Å². The minimum absolute atomic E-state index is 0.240. The van der Waals surface area contributed by atoms with Gasteiger partial charge in [-0.25, -0.2) is 0 Å². The summed E-state index contributed by atoms with van der Waals surface area (Å²) in [7, 11) is 0. The van der Waals surface area contributed by atoms with Crippen LogP contribution in [0.3, 0.4) is 0 Å². The minimum atomic E-state index is -1.10. The minimum Gasteiger partial charge on any atom is -0.465 e. The van der Waals surface area contributed by atoms with Crippen molar-refractivity contribution in [2.24, 2.45) is 11.8 Å². The molecule has 3 aliphatic heterocycles. The molecule has 2 bridgehead atoms. The fourth-order valence-electron chi connectivity index (χ4n) is 5.91. The molecule has 0 aromatic carbocycles. The lowest BCUT2D eigenvalue weighted by atomic mass is 9.70. The maximum atomic E-state index is 14.1. The zero-order chi connectivity index (χ0) is 25.3. The summed E-state index contributed by atoms with van der Waals surface area (Å²) in [6.07, 6.45) is 5.95. The van der Waals surface area contributed by atoms with Gasteiger partial charge in [0.15, 0.2) is 0 Å². The fraction of sp³-hybridized carbons (Fsp3) is 0.731. The third kappa shape index (κ3) is 4.31. The van der Waals surface area contributed by atoms with E-state index in [2.05, 4.69) is 13.2 Å². The molecule has 2 amide bonds. The molecular weight excluding hydrogens is 436 g/mol. The van der Waals surface area contributed by atoms with Crippen molar-refractivity contribution >= 4 is 17.8 Å². The first-order valence-corrected chi connectivity index (χ1v) is 12.4. The summed E-state index contributed by atoms with van der Waals surface area (Å²) < 4.78 is 11.9. The Hall–Kier alpha value is -2.19. The summed E-state index contributed by atoms with van der Waals surface area (Å²) in [5.41, 5.74) is -1.62. The molecule has 0 radical (unpaired) electrons. The lowest BCUT2D eigenvalue weighted by Crippen LogP contribution is -2.61. The standard InChI is InChI=1S/C26H40N2O6/c1-7-10-11-15-33-24(32)19-18-12-13-26(34-18)20(19)22(30)28(17(9-3)16-29)21(26)23(31)27(14-8-2)25(4,5)6/h7-8,17-21,29H,1-2,9-16H2,3-6H3/t17-,18-,19+,20-,21?,26?/m0/s1. The molecule has 3 heterocycles. The first-order valence-electron chi connectivity index (χ1n) is 12.4. The number of fused-ring (bicyclic) bond motifs is 1. The van der Waals surface area contributed by atoms with Crippen LogP contribution in [0.15, 0.2) is 25.3 Å². The molecule has 34 heavy (non-hydrogen) atoms. The third-order valence-electron chi connectivity index (χ3n) is 7.50. The van der Waals surface area contributed by atoms with Crippen molar-refractivity contribution in [3.05, 3.63) is 25.3 Å². The smallest absolute Gasteiger partial charge is 0.312 e. The van der Waals surface area contributed by atoms with E-state index in [4.69, 9.17) is 9.47 Å². The van der Waals surface area contributed by atoms with Gasteiger partial charge in [-0.05, 0) is 52.9 Å². The number of ether oxygens (including phenoxy) is 2. The summed E-state index contributed by atoms with van der Waals surface area (Å²) >= 11 is 0. The van der Waals surface area contributed by atoms with Crippen LogP contribution in [0.4, 0.5) is 0 Å². The molecule has 6 atom stereocenters. The molecule has 190 valence electrons. The number of aliphatic hydroxyl groups is 1. The molecule has 3 fully saturated rings. The average molecular weight is 477 g/mol. The number of likely N-dealkylation sites (tertiary alicyclic amines) is 1. The highest BCUT2D eigenvalue weighted by atomic mass is 16.6. The molecule has 1 N–H and O–H groups in total. The second-order valence-electron chi connectivity index (χ2n) is 10.6. The number of carbonyl (C=O) groups is 3. The summed E-state index contributed by atoms with van der Waals surface area (Å²) in [6, 6.07) is -1.45. The lowest BCUT2D eigenvalue weighted by Gasteiger charge is -2.43. The van der Waals surface area contributed by atoms with Crippen molar-refractivity contribution in [3.63, 3.8) is 0 Å². The SMILES string of the molecule is C=CCCCOC(=O)[C@@H]1[C@@H]2CCC3(O2)C(C(=O)N(CC=C)C(C)(C)C)N([C@@H](CC)CO)C(=O)[C@H]13. The maximum Gasteiger partial charge on any atom is 0.312 e. The van der Waals surface area contributed by atoms with Crippen LogP contribution in [0.2, 0.25) is 0 Å². The van der Waals surface area contributed by atoms with Gasteiger partial charge < -0.3 is 24.4 Å². The highest BCUT2D eigenvalue weighted by Gasteiger charge is 2.75. The predicted molar refractivity (Wildman–Crippen MR) is 128 cm³/mol. The molecule has 0 aromatic heterocycles. The Morgan fingerprint density at radius 3 is 2.62 bits per heavy atom. The van der Waals surface area contributed by atoms with Crippen LogP contribution < -0.4 is 0 Å². The van der Waals surface area contributed by atoms with Gasteiger partial charge in [-0.15, -0.1) is 13.2 Å². The van der Waals surface area contributed by atoms with Gasteiger partial charge in [-0.2, -0.15) is 0 Å². The molecule has 8 heteroatoms. The summed E-state index contributed by atoms with van der Waals surface area (Å²) in [5, 5.41) is 10.1. The molecule has 2 unspecified atom stereocenters. The Morgan fingerprint density at radius 1 is 1.35 bits per heavy atom. The molecule has 1 spiro atoms. The van der Waals surface area contributed by atoms with Crippen molar-refractivity contribution in [1.82, 2.24) is 9.80 Å². The highest BCUT2D eigenvalue weighted by molar-refractivity contribution is 5.98. The number of hydrogen-bond acceptors (Lipinski definition) is 6. The number of aliphatic hydroxyl groups excluding tert-OH is 1. The van der Waals surface area contributed by atoms with Crippen LogP contribution in [0.1, 0.15) is 59.8 Å². The Balaban J connectivity index is 2.01. The summed E-state index contributed by atoms with van der Waals surface area (Å²) in [5.74, 6) is -2.53. The number of allylic oxidation sites excluding steroid dienone is 1. The topological polar surface area (TPSA) is 96.4 Å². The van der Waals surface area contributed by atoms with Gasteiger partial charge in [0.05, 0.1) is 37.2 Å². The van der Waals surface area contributed by atoms with Crippen LogP contribution in [0, 0.1) is 11.8 Å². The molecular formula is C26H40N2O6. The molecule has 3 saturated heterocycles. The maximum absolute atomic E-state index is 14.1. The number of rotatable bonds is 11. The predicted octanol–water partition coefficient (Wildman–Crippen LogP) is 2.45. The Morgan fingerprint density at radius 2 is 2.06 bits per heavy atom. The van der Waals surface area contributed by atoms with E-state index in [9.17, 15) is 19.5 Å². The first kappa shape index (κ1) is 26.4. The number of amides is 2. The van der Waals surface area contributed by atoms with Crippen LogP contribution >= 0.6 is 0 Å². The van der Waals surface area contributed by atoms with Gasteiger partial charge >= 0.3 is 5.97 Å². The monoisotopic (exact) mass is 476 g/mol. The van der Waals surface area contributed by atoms with Gasteiger partial charge in [0.1, 0.15) is 11.6 Å². The number of unbranched alkanes of at least 4 members (excludes halogenated alkanes) is 1. The van der Waals surface area contributed by atoms with Gasteiger partial charge in [0.2, 0.25) is 11.8 Å². The van der Waals surface area contributed by atoms with Gasteiger partial charge in [-0.3, -0.25) is 14.4 Å². The molecule has 0 aliphatic carbocycles. The summed E-state index contributed by atoms with van der Waals surface area (Å²) in [6.45, 7) is 15.4. The van der Waals surface area contributed by atoms with Crippen molar-refractivity contribution in [2.75, 3.05) is 19.8 Å². The van der Waals surface area contributed by atoms with Crippen molar-refractivity contribution in [2.45, 2.75) is 89.1 Å². The van der Waals surface area contributed by atoms with Crippen LogP contribution in [0.5, 0.6) is 0 Å². The number of esters is 1.